The molecule has 3 aromatic rings. The van der Waals surface area contributed by atoms with Gasteiger partial charge in [-0.1, -0.05) is 6.92 Å². The quantitative estimate of drug-likeness (QED) is 0.480. The maximum absolute atomic E-state index is 14.9. The van der Waals surface area contributed by atoms with E-state index in [1.54, 1.807) is 23.9 Å². The average Bonchev–Trinajstić information content (AvgIpc) is 3.21. The molecule has 1 fully saturated rings. The van der Waals surface area contributed by atoms with E-state index in [-0.39, 0.29) is 23.0 Å². The molecular weight excluding hydrogens is 475 g/mol. The van der Waals surface area contributed by atoms with Crippen LogP contribution in [0, 0.1) is 5.82 Å². The van der Waals surface area contributed by atoms with Crippen molar-refractivity contribution in [1.29, 1.82) is 0 Å². The number of methoxy groups -OCH3 is 1. The van der Waals surface area contributed by atoms with Crippen molar-refractivity contribution < 1.29 is 22.3 Å². The zero-order valence-corrected chi connectivity index (χ0v) is 20.7. The normalized spacial score (nSPS) is 14.2. The van der Waals surface area contributed by atoms with E-state index >= 15 is 0 Å². The van der Waals surface area contributed by atoms with Crippen LogP contribution in [0.4, 0.5) is 21.7 Å². The number of nitrogen functional groups attached to an aromatic ring is 1. The first-order valence-corrected chi connectivity index (χ1v) is 12.9. The Hall–Kier alpha value is -3.38. The Morgan fingerprint density at radius 2 is 1.94 bits per heavy atom. The molecule has 1 aromatic carbocycles. The number of anilines is 3. The fraction of sp³-hybridized carbons (Fsp3) is 0.391. The summed E-state index contributed by atoms with van der Waals surface area (Å²) in [6.45, 7) is 4.54. The third-order valence-electron chi connectivity index (χ3n) is 5.71. The van der Waals surface area contributed by atoms with Crippen molar-refractivity contribution in [3.63, 3.8) is 0 Å². The highest BCUT2D eigenvalue weighted by Gasteiger charge is 2.21. The van der Waals surface area contributed by atoms with Gasteiger partial charge in [-0.15, -0.1) is 0 Å². The molecule has 2 aromatic heterocycles. The van der Waals surface area contributed by atoms with Crippen molar-refractivity contribution in [2.45, 2.75) is 13.3 Å². The van der Waals surface area contributed by atoms with E-state index in [0.29, 0.717) is 30.8 Å². The number of hydrogen-bond donors (Lipinski definition) is 2. The van der Waals surface area contributed by atoms with Gasteiger partial charge in [0.2, 0.25) is 10.0 Å². The van der Waals surface area contributed by atoms with Gasteiger partial charge in [-0.3, -0.25) is 9.40 Å². The van der Waals surface area contributed by atoms with Gasteiger partial charge < -0.3 is 20.1 Å². The number of aromatic nitrogens is 3. The molecule has 0 saturated carbocycles. The van der Waals surface area contributed by atoms with Crippen molar-refractivity contribution in [2.24, 2.45) is 7.05 Å². The minimum absolute atomic E-state index is 0.00381. The first kappa shape index (κ1) is 24.7. The molecule has 3 N–H and O–H groups in total. The molecule has 0 amide bonds. The van der Waals surface area contributed by atoms with E-state index in [9.17, 15) is 12.8 Å². The van der Waals surface area contributed by atoms with Crippen LogP contribution >= 0.6 is 0 Å². The number of halogens is 1. The third-order valence-corrected chi connectivity index (χ3v) is 7.19. The van der Waals surface area contributed by atoms with Crippen LogP contribution in [-0.2, 0) is 21.8 Å². The first-order valence-electron chi connectivity index (χ1n) is 11.2. The Bertz CT molecular complexity index is 1320. The molecule has 0 atom stereocenters. The predicted molar refractivity (Wildman–Crippen MR) is 134 cm³/mol. The Balaban J connectivity index is 1.75. The number of rotatable bonds is 8. The lowest BCUT2D eigenvalue weighted by atomic mass is 10.0. The molecule has 4 rings (SSSR count). The molecule has 35 heavy (non-hydrogen) atoms. The van der Waals surface area contributed by atoms with Crippen molar-refractivity contribution >= 4 is 27.3 Å². The summed E-state index contributed by atoms with van der Waals surface area (Å²) < 4.78 is 54.4. The van der Waals surface area contributed by atoms with Gasteiger partial charge in [0.25, 0.3) is 0 Å². The van der Waals surface area contributed by atoms with Crippen LogP contribution < -0.4 is 20.1 Å². The predicted octanol–water partition coefficient (Wildman–Crippen LogP) is 2.87. The second-order valence-corrected chi connectivity index (χ2v) is 10.1. The number of nitrogens with one attached hydrogen (secondary N) is 1. The maximum atomic E-state index is 14.9. The van der Waals surface area contributed by atoms with Crippen LogP contribution in [-0.4, -0.2) is 62.3 Å². The zero-order chi connectivity index (χ0) is 25.2. The lowest BCUT2D eigenvalue weighted by Gasteiger charge is -2.26. The number of benzene rings is 1. The summed E-state index contributed by atoms with van der Waals surface area (Å²) in [5.74, 6) is -0.0202. The number of nitrogens with zero attached hydrogens (tertiary/aromatic N) is 4. The van der Waals surface area contributed by atoms with Gasteiger partial charge in [0.15, 0.2) is 17.4 Å². The Labute approximate surface area is 203 Å². The van der Waals surface area contributed by atoms with Gasteiger partial charge in [0.05, 0.1) is 37.5 Å². The van der Waals surface area contributed by atoms with Crippen LogP contribution in [0.5, 0.6) is 5.75 Å². The maximum Gasteiger partial charge on any atom is 0.232 e. The molecule has 1 saturated heterocycles. The molecule has 0 radical (unpaired) electrons. The Morgan fingerprint density at radius 1 is 1.20 bits per heavy atom. The van der Waals surface area contributed by atoms with Crippen LogP contribution in [0.2, 0.25) is 0 Å². The number of ether oxygens (including phenoxy) is 2. The summed E-state index contributed by atoms with van der Waals surface area (Å²) >= 11 is 0. The SMILES string of the molecule is CCCS(=O)(=O)Nc1cc(-c2cc(-c3cc(N4CCOCC4)nn3C)cnc2N)cc(F)c1OC. The number of sulfonamides is 1. The molecule has 0 aliphatic carbocycles. The molecule has 10 nitrogen and oxygen atoms in total. The number of aryl methyl sites for hydroxylation is 1. The van der Waals surface area contributed by atoms with E-state index < -0.39 is 15.8 Å². The third kappa shape index (κ3) is 5.33. The summed E-state index contributed by atoms with van der Waals surface area (Å²) in [7, 11) is -0.562. The average molecular weight is 505 g/mol. The highest BCUT2D eigenvalue weighted by atomic mass is 32.2. The van der Waals surface area contributed by atoms with Crippen LogP contribution in [0.3, 0.4) is 0 Å². The topological polar surface area (TPSA) is 125 Å². The number of hydrogen-bond acceptors (Lipinski definition) is 8. The fourth-order valence-corrected chi connectivity index (χ4v) is 5.16. The van der Waals surface area contributed by atoms with Gasteiger partial charge in [0.1, 0.15) is 5.82 Å². The Morgan fingerprint density at radius 3 is 2.63 bits per heavy atom. The summed E-state index contributed by atoms with van der Waals surface area (Å²) in [6.07, 6.45) is 2.04. The summed E-state index contributed by atoms with van der Waals surface area (Å²) in [4.78, 5) is 6.46. The molecule has 0 spiro atoms. The monoisotopic (exact) mass is 504 g/mol. The molecule has 12 heteroatoms. The molecule has 3 heterocycles. The van der Waals surface area contributed by atoms with Gasteiger partial charge in [-0.2, -0.15) is 5.10 Å². The second kappa shape index (κ2) is 10.1. The van der Waals surface area contributed by atoms with E-state index in [1.807, 2.05) is 13.1 Å². The smallest absolute Gasteiger partial charge is 0.232 e. The second-order valence-electron chi connectivity index (χ2n) is 8.23. The van der Waals surface area contributed by atoms with Gasteiger partial charge in [-0.25, -0.2) is 17.8 Å². The number of morpholine rings is 1. The highest BCUT2D eigenvalue weighted by Crippen LogP contribution is 2.37. The van der Waals surface area contributed by atoms with Crippen molar-refractivity contribution in [3.05, 3.63) is 36.3 Å². The van der Waals surface area contributed by atoms with E-state index in [1.165, 1.54) is 19.2 Å². The minimum atomic E-state index is -3.68. The van der Waals surface area contributed by atoms with Crippen molar-refractivity contribution in [3.8, 4) is 28.1 Å². The molecular formula is C23H29FN6O4S. The van der Waals surface area contributed by atoms with Crippen molar-refractivity contribution in [2.75, 3.05) is 54.5 Å². The lowest BCUT2D eigenvalue weighted by molar-refractivity contribution is 0.122. The lowest BCUT2D eigenvalue weighted by Crippen LogP contribution is -2.36. The zero-order valence-electron chi connectivity index (χ0n) is 19.9. The van der Waals surface area contributed by atoms with Crippen LogP contribution in [0.25, 0.3) is 22.4 Å². The fourth-order valence-electron chi connectivity index (χ4n) is 4.04. The highest BCUT2D eigenvalue weighted by molar-refractivity contribution is 7.92. The van der Waals surface area contributed by atoms with Gasteiger partial charge in [0, 0.05) is 43.5 Å². The number of nitrogens with two attached hydrogens (primary N) is 1. The molecule has 188 valence electrons. The van der Waals surface area contributed by atoms with Gasteiger partial charge in [-0.05, 0) is 30.2 Å². The number of pyridine rings is 1. The van der Waals surface area contributed by atoms with Crippen LogP contribution in [0.1, 0.15) is 13.3 Å². The van der Waals surface area contributed by atoms with E-state index in [0.717, 1.165) is 30.2 Å². The van der Waals surface area contributed by atoms with E-state index in [2.05, 4.69) is 19.7 Å². The standard InChI is InChI=1S/C23H29FN6O4S/c1-4-9-35(31,32)28-19-12-15(11-18(24)22(19)33-3)17-10-16(14-26-23(17)25)20-13-21(27-29(20)2)30-5-7-34-8-6-30/h10-14,28H,4-9H2,1-3H3,(H2,25,26). The minimum Gasteiger partial charge on any atom is -0.492 e. The van der Waals surface area contributed by atoms with Gasteiger partial charge >= 0.3 is 0 Å². The van der Waals surface area contributed by atoms with Crippen LogP contribution in [0.15, 0.2) is 30.5 Å². The van der Waals surface area contributed by atoms with Crippen molar-refractivity contribution in [1.82, 2.24) is 14.8 Å². The summed E-state index contributed by atoms with van der Waals surface area (Å²) in [5, 5.41) is 4.62. The first-order chi connectivity index (χ1) is 16.7. The molecule has 0 unspecified atom stereocenters. The Kier molecular flexibility index (Phi) is 7.13. The molecule has 1 aliphatic heterocycles. The van der Waals surface area contributed by atoms with E-state index in [4.69, 9.17) is 15.2 Å². The summed E-state index contributed by atoms with van der Waals surface area (Å²) in [5.41, 5.74) is 8.50. The molecule has 0 bridgehead atoms. The largest absolute Gasteiger partial charge is 0.492 e. The molecule has 1 aliphatic rings. The summed E-state index contributed by atoms with van der Waals surface area (Å²) in [6, 6.07) is 6.49.